The molecule has 0 saturated carbocycles. The first-order valence-corrected chi connectivity index (χ1v) is 16.4. The monoisotopic (exact) mass is 648 g/mol. The molecule has 2 aromatic rings. The lowest BCUT2D eigenvalue weighted by Crippen LogP contribution is -2.30. The van der Waals surface area contributed by atoms with Crippen LogP contribution < -0.4 is 9.64 Å². The third-order valence-corrected chi connectivity index (χ3v) is 8.29. The Morgan fingerprint density at radius 3 is 2.07 bits per heavy atom. The van der Waals surface area contributed by atoms with E-state index in [1.54, 1.807) is 35.7 Å². The number of nitrogens with zero attached hydrogens (tertiary/aromatic N) is 2. The molecule has 7 heteroatoms. The summed E-state index contributed by atoms with van der Waals surface area (Å²) in [5, 5.41) is 2.10. The smallest absolute Gasteiger partial charge is 0.223 e. The predicted octanol–water partition coefficient (Wildman–Crippen LogP) is 10.1. The van der Waals surface area contributed by atoms with Gasteiger partial charge in [-0.15, -0.1) is 28.7 Å². The highest BCUT2D eigenvalue weighted by atomic mass is 79.9. The fraction of sp³-hybridized carbons (Fsp3) is 0.559. The molecule has 0 aliphatic carbocycles. The van der Waals surface area contributed by atoms with Gasteiger partial charge in [0.05, 0.1) is 12.5 Å². The van der Waals surface area contributed by atoms with Gasteiger partial charge in [-0.1, -0.05) is 95.8 Å². The van der Waals surface area contributed by atoms with Gasteiger partial charge in [0, 0.05) is 31.9 Å². The lowest BCUT2D eigenvalue weighted by molar-refractivity contribution is -0.116. The number of anilines is 1. The third-order valence-electron chi connectivity index (χ3n) is 7.50. The molecule has 0 spiro atoms. The Kier molecular flexibility index (Phi) is 17.9. The molecule has 41 heavy (non-hydrogen) atoms. The highest BCUT2D eigenvalue weighted by Gasteiger charge is 2.13. The number of unbranched alkanes of at least 4 members (excludes halogenated alkanes) is 11. The van der Waals surface area contributed by atoms with Crippen molar-refractivity contribution in [3.63, 3.8) is 0 Å². The van der Waals surface area contributed by atoms with Crippen molar-refractivity contribution < 1.29 is 13.9 Å². The van der Waals surface area contributed by atoms with Crippen LogP contribution in [0.3, 0.4) is 0 Å². The normalized spacial score (nSPS) is 12.4. The van der Waals surface area contributed by atoms with Gasteiger partial charge in [0.25, 0.3) is 0 Å². The average Bonchev–Trinajstić information content (AvgIpc) is 3.46. The second-order valence-corrected chi connectivity index (χ2v) is 11.8. The molecule has 1 amide bonds. The third kappa shape index (κ3) is 13.7. The Hall–Kier alpha value is -1.99. The maximum atomic E-state index is 14.7. The molecular weight excluding hydrogens is 599 g/mol. The summed E-state index contributed by atoms with van der Waals surface area (Å²) in [6.45, 7) is 5.75. The molecule has 0 N–H and O–H groups in total. The lowest BCUT2D eigenvalue weighted by Gasteiger charge is -2.22. The van der Waals surface area contributed by atoms with E-state index in [4.69, 9.17) is 4.74 Å². The molecule has 1 aliphatic rings. The van der Waals surface area contributed by atoms with Gasteiger partial charge >= 0.3 is 0 Å². The second kappa shape index (κ2) is 20.8. The minimum Gasteiger partial charge on any atom is -0.491 e. The van der Waals surface area contributed by atoms with E-state index in [-0.39, 0.29) is 28.7 Å². The van der Waals surface area contributed by atoms with E-state index in [0.717, 1.165) is 36.5 Å². The zero-order chi connectivity index (χ0) is 28.4. The minimum atomic E-state index is -0.329. The number of halogens is 2. The molecule has 0 fully saturated rings. The van der Waals surface area contributed by atoms with E-state index < -0.39 is 0 Å². The number of hydrogen-bond donors (Lipinski definition) is 0. The van der Waals surface area contributed by atoms with Gasteiger partial charge in [-0.05, 0) is 53.6 Å². The van der Waals surface area contributed by atoms with Crippen LogP contribution in [-0.2, 0) is 17.8 Å². The van der Waals surface area contributed by atoms with Crippen molar-refractivity contribution in [1.82, 2.24) is 4.90 Å². The van der Waals surface area contributed by atoms with E-state index >= 15 is 0 Å². The van der Waals surface area contributed by atoms with Crippen LogP contribution in [-0.4, -0.2) is 29.8 Å². The molecule has 0 bridgehead atoms. The molecular formula is C34H50BrFN2O2S. The summed E-state index contributed by atoms with van der Waals surface area (Å²) in [6.07, 6.45) is 18.2. The van der Waals surface area contributed by atoms with Gasteiger partial charge in [-0.2, -0.15) is 0 Å². The number of rotatable bonds is 20. The molecule has 2 aromatic carbocycles. The largest absolute Gasteiger partial charge is 0.491 e. The van der Waals surface area contributed by atoms with Crippen molar-refractivity contribution >= 4 is 40.3 Å². The van der Waals surface area contributed by atoms with Crippen molar-refractivity contribution in [2.45, 2.75) is 104 Å². The summed E-state index contributed by atoms with van der Waals surface area (Å²) in [7, 11) is 0. The summed E-state index contributed by atoms with van der Waals surface area (Å²) >= 11 is 1.79. The van der Waals surface area contributed by atoms with Gasteiger partial charge in [0.15, 0.2) is 11.6 Å². The van der Waals surface area contributed by atoms with Crippen LogP contribution in [0.1, 0.15) is 102 Å². The van der Waals surface area contributed by atoms with Crippen LogP contribution >= 0.6 is 28.7 Å². The summed E-state index contributed by atoms with van der Waals surface area (Å²) in [4.78, 5) is 16.4. The van der Waals surface area contributed by atoms with Crippen molar-refractivity contribution in [1.29, 1.82) is 0 Å². The average molecular weight is 650 g/mol. The molecule has 0 aromatic heterocycles. The Morgan fingerprint density at radius 2 is 1.51 bits per heavy atom. The van der Waals surface area contributed by atoms with Crippen molar-refractivity contribution in [2.75, 3.05) is 23.9 Å². The van der Waals surface area contributed by atoms with E-state index in [9.17, 15) is 9.18 Å². The Labute approximate surface area is 262 Å². The van der Waals surface area contributed by atoms with Crippen LogP contribution in [0.15, 0.2) is 54.1 Å². The van der Waals surface area contributed by atoms with Crippen molar-refractivity contribution in [2.24, 2.45) is 0 Å². The summed E-state index contributed by atoms with van der Waals surface area (Å²) < 4.78 is 20.4. The SMILES string of the molecule is Br.CCCCCCCCCCCCCCOc1ccc(CCN(C(C)=O)c2ccc(CN3C=CSC3)cc2)cc1F. The van der Waals surface area contributed by atoms with E-state index in [2.05, 4.69) is 35.6 Å². The quantitative estimate of drug-likeness (QED) is 0.134. The van der Waals surface area contributed by atoms with E-state index in [0.29, 0.717) is 25.3 Å². The first-order valence-electron chi connectivity index (χ1n) is 15.4. The Bertz CT molecular complexity index is 1030. The van der Waals surface area contributed by atoms with Gasteiger partial charge in [0.2, 0.25) is 5.91 Å². The molecule has 0 unspecified atom stereocenters. The van der Waals surface area contributed by atoms with E-state index in [1.165, 1.54) is 69.8 Å². The number of benzene rings is 2. The Morgan fingerprint density at radius 1 is 0.902 bits per heavy atom. The minimum absolute atomic E-state index is 0. The molecule has 4 nitrogen and oxygen atoms in total. The van der Waals surface area contributed by atoms with Crippen LogP contribution in [0.4, 0.5) is 10.1 Å². The van der Waals surface area contributed by atoms with Crippen molar-refractivity contribution in [3.8, 4) is 5.75 Å². The van der Waals surface area contributed by atoms with Crippen LogP contribution in [0, 0.1) is 5.82 Å². The number of ether oxygens (including phenoxy) is 1. The fourth-order valence-electron chi connectivity index (χ4n) is 5.08. The predicted molar refractivity (Wildman–Crippen MR) is 179 cm³/mol. The zero-order valence-electron chi connectivity index (χ0n) is 25.1. The number of amides is 1. The molecule has 0 radical (unpaired) electrons. The van der Waals surface area contributed by atoms with Crippen molar-refractivity contribution in [3.05, 3.63) is 71.0 Å². The lowest BCUT2D eigenvalue weighted by atomic mass is 10.1. The van der Waals surface area contributed by atoms with Crippen LogP contribution in [0.5, 0.6) is 5.75 Å². The number of carbonyl (C=O) groups is 1. The summed E-state index contributed by atoms with van der Waals surface area (Å²) in [5.41, 5.74) is 2.93. The molecule has 1 aliphatic heterocycles. The van der Waals surface area contributed by atoms with Crippen LogP contribution in [0.25, 0.3) is 0 Å². The topological polar surface area (TPSA) is 32.8 Å². The first kappa shape index (κ1) is 35.2. The number of hydrogen-bond acceptors (Lipinski definition) is 4. The maximum absolute atomic E-state index is 14.7. The van der Waals surface area contributed by atoms with Crippen LogP contribution in [0.2, 0.25) is 0 Å². The van der Waals surface area contributed by atoms with Gasteiger partial charge in [-0.3, -0.25) is 4.79 Å². The first-order chi connectivity index (χ1) is 19.6. The summed E-state index contributed by atoms with van der Waals surface area (Å²) in [6, 6.07) is 13.3. The number of thioether (sulfide) groups is 1. The second-order valence-electron chi connectivity index (χ2n) is 10.9. The molecule has 3 rings (SSSR count). The standard InChI is InChI=1S/C34H49FN2O2S.BrH/c1-3-4-5-6-7-8-9-10-11-12-13-14-24-39-34-20-17-30(26-33(34)35)21-22-37(29(2)38)32-18-15-31(16-19-32)27-36-23-25-40-28-36;/h15-20,23,25-26H,3-14,21-22,24,27-28H2,1-2H3;1H. The molecule has 1 heterocycles. The number of carbonyl (C=O) groups excluding carboxylic acids is 1. The fourth-order valence-corrected chi connectivity index (χ4v) is 5.79. The highest BCUT2D eigenvalue weighted by Crippen LogP contribution is 2.23. The van der Waals surface area contributed by atoms with Gasteiger partial charge in [0.1, 0.15) is 0 Å². The zero-order valence-corrected chi connectivity index (χ0v) is 27.7. The van der Waals surface area contributed by atoms with Gasteiger partial charge in [-0.25, -0.2) is 4.39 Å². The molecule has 0 atom stereocenters. The highest BCUT2D eigenvalue weighted by molar-refractivity contribution is 8.93. The maximum Gasteiger partial charge on any atom is 0.223 e. The van der Waals surface area contributed by atoms with Gasteiger partial charge < -0.3 is 14.5 Å². The molecule has 228 valence electrons. The summed E-state index contributed by atoms with van der Waals surface area (Å²) in [5.74, 6) is 0.942. The molecule has 0 saturated heterocycles. The van der Waals surface area contributed by atoms with E-state index in [1.807, 2.05) is 18.2 Å². The Balaban J connectivity index is 0.00000588.